The fourth-order valence-electron chi connectivity index (χ4n) is 3.23. The molecule has 0 spiro atoms. The molecular formula is C22H18F2N4O2S. The SMILES string of the molecule is Cc1nn(-c2ccc(F)cc2)c2sc(C(=O)N(CCC(N)=O)c3ccc(F)cc3)cc12. The van der Waals surface area contributed by atoms with E-state index < -0.39 is 11.7 Å². The third kappa shape index (κ3) is 4.17. The first-order valence-electron chi connectivity index (χ1n) is 9.44. The van der Waals surface area contributed by atoms with E-state index in [4.69, 9.17) is 5.73 Å². The highest BCUT2D eigenvalue weighted by molar-refractivity contribution is 7.20. The molecule has 0 saturated carbocycles. The maximum atomic E-state index is 13.4. The summed E-state index contributed by atoms with van der Waals surface area (Å²) in [6.07, 6.45) is -0.0314. The molecule has 2 aromatic heterocycles. The third-order valence-corrected chi connectivity index (χ3v) is 5.89. The zero-order valence-corrected chi connectivity index (χ0v) is 17.3. The van der Waals surface area contributed by atoms with Gasteiger partial charge in [-0.05, 0) is 61.5 Å². The summed E-state index contributed by atoms with van der Waals surface area (Å²) >= 11 is 1.24. The Labute approximate surface area is 180 Å². The van der Waals surface area contributed by atoms with E-state index in [0.717, 1.165) is 15.9 Å². The van der Waals surface area contributed by atoms with E-state index in [1.807, 2.05) is 6.92 Å². The van der Waals surface area contributed by atoms with Crippen molar-refractivity contribution in [3.8, 4) is 5.69 Å². The van der Waals surface area contributed by atoms with Gasteiger partial charge < -0.3 is 10.6 Å². The number of hydrogen-bond donors (Lipinski definition) is 1. The quantitative estimate of drug-likeness (QED) is 0.488. The molecule has 4 aromatic rings. The Morgan fingerprint density at radius 1 is 1.06 bits per heavy atom. The van der Waals surface area contributed by atoms with Crippen molar-refractivity contribution in [2.45, 2.75) is 13.3 Å². The molecule has 158 valence electrons. The highest BCUT2D eigenvalue weighted by atomic mass is 32.1. The number of hydrogen-bond acceptors (Lipinski definition) is 4. The summed E-state index contributed by atoms with van der Waals surface area (Å²) in [6, 6.07) is 13.1. The summed E-state index contributed by atoms with van der Waals surface area (Å²) in [7, 11) is 0. The van der Waals surface area contributed by atoms with Gasteiger partial charge in [-0.15, -0.1) is 11.3 Å². The number of nitrogens with two attached hydrogens (primary N) is 1. The van der Waals surface area contributed by atoms with Gasteiger partial charge in [0.05, 0.1) is 16.3 Å². The van der Waals surface area contributed by atoms with Crippen molar-refractivity contribution in [1.82, 2.24) is 9.78 Å². The number of primary amides is 1. The zero-order chi connectivity index (χ0) is 22.1. The smallest absolute Gasteiger partial charge is 0.268 e. The number of amides is 2. The van der Waals surface area contributed by atoms with Crippen LogP contribution in [0.3, 0.4) is 0 Å². The Balaban J connectivity index is 1.74. The average molecular weight is 440 g/mol. The minimum atomic E-state index is -0.543. The Morgan fingerprint density at radius 3 is 2.29 bits per heavy atom. The lowest BCUT2D eigenvalue weighted by Gasteiger charge is -2.21. The van der Waals surface area contributed by atoms with Gasteiger partial charge in [0.25, 0.3) is 5.91 Å². The number of aromatic nitrogens is 2. The van der Waals surface area contributed by atoms with E-state index in [-0.39, 0.29) is 24.7 Å². The number of anilines is 1. The Kier molecular flexibility index (Phi) is 5.51. The lowest BCUT2D eigenvalue weighted by Crippen LogP contribution is -2.33. The van der Waals surface area contributed by atoms with E-state index in [9.17, 15) is 18.4 Å². The largest absolute Gasteiger partial charge is 0.370 e. The van der Waals surface area contributed by atoms with Crippen LogP contribution in [0.4, 0.5) is 14.5 Å². The van der Waals surface area contributed by atoms with E-state index in [0.29, 0.717) is 16.3 Å². The average Bonchev–Trinajstić information content (AvgIpc) is 3.30. The molecule has 0 bridgehead atoms. The van der Waals surface area contributed by atoms with Crippen LogP contribution in [-0.4, -0.2) is 28.1 Å². The molecule has 0 fully saturated rings. The van der Waals surface area contributed by atoms with E-state index in [2.05, 4.69) is 5.10 Å². The molecule has 0 radical (unpaired) electrons. The predicted octanol–water partition coefficient (Wildman–Crippen LogP) is 4.20. The van der Waals surface area contributed by atoms with Crippen molar-refractivity contribution in [3.05, 3.63) is 76.8 Å². The molecule has 2 N–H and O–H groups in total. The predicted molar refractivity (Wildman–Crippen MR) is 116 cm³/mol. The minimum Gasteiger partial charge on any atom is -0.370 e. The molecule has 2 aromatic carbocycles. The van der Waals surface area contributed by atoms with Crippen molar-refractivity contribution in [2.75, 3.05) is 11.4 Å². The highest BCUT2D eigenvalue weighted by Gasteiger charge is 2.23. The molecule has 0 aliphatic carbocycles. The molecule has 31 heavy (non-hydrogen) atoms. The van der Waals surface area contributed by atoms with Gasteiger partial charge in [0, 0.05) is 24.0 Å². The number of nitrogens with zero attached hydrogens (tertiary/aromatic N) is 3. The van der Waals surface area contributed by atoms with Crippen LogP contribution in [0.2, 0.25) is 0 Å². The van der Waals surface area contributed by atoms with Crippen LogP contribution < -0.4 is 10.6 Å². The number of thiophene rings is 1. The van der Waals surface area contributed by atoms with Crippen LogP contribution in [0.25, 0.3) is 15.9 Å². The van der Waals surface area contributed by atoms with Crippen LogP contribution in [0.5, 0.6) is 0 Å². The Hall–Kier alpha value is -3.59. The standard InChI is InChI=1S/C22H18F2N4O2S/c1-13-18-12-19(31-22(18)28(26-13)17-8-4-15(24)5-9-17)21(30)27(11-10-20(25)29)16-6-2-14(23)3-7-16/h2-9,12H,10-11H2,1H3,(H2,25,29). The summed E-state index contributed by atoms with van der Waals surface area (Å²) in [5, 5.41) is 5.30. The summed E-state index contributed by atoms with van der Waals surface area (Å²) in [6.45, 7) is 1.89. The monoisotopic (exact) mass is 440 g/mol. The summed E-state index contributed by atoms with van der Waals surface area (Å²) in [5.41, 5.74) is 7.12. The van der Waals surface area contributed by atoms with Crippen LogP contribution >= 0.6 is 11.3 Å². The molecule has 0 saturated heterocycles. The number of halogens is 2. The first kappa shape index (κ1) is 20.7. The Morgan fingerprint density at radius 2 is 1.68 bits per heavy atom. The van der Waals surface area contributed by atoms with E-state index in [1.165, 1.54) is 52.6 Å². The van der Waals surface area contributed by atoms with Crippen LogP contribution in [-0.2, 0) is 4.79 Å². The molecule has 0 unspecified atom stereocenters. The highest BCUT2D eigenvalue weighted by Crippen LogP contribution is 2.32. The normalized spacial score (nSPS) is 11.1. The number of benzene rings is 2. The third-order valence-electron chi connectivity index (χ3n) is 4.79. The van der Waals surface area contributed by atoms with Gasteiger partial charge in [0.15, 0.2) is 0 Å². The number of fused-ring (bicyclic) bond motifs is 1. The van der Waals surface area contributed by atoms with E-state index >= 15 is 0 Å². The van der Waals surface area contributed by atoms with Gasteiger partial charge in [-0.25, -0.2) is 13.5 Å². The topological polar surface area (TPSA) is 81.2 Å². The lowest BCUT2D eigenvalue weighted by atomic mass is 10.2. The van der Waals surface area contributed by atoms with Crippen molar-refractivity contribution in [3.63, 3.8) is 0 Å². The number of rotatable bonds is 6. The first-order valence-corrected chi connectivity index (χ1v) is 10.3. The van der Waals surface area contributed by atoms with E-state index in [1.54, 1.807) is 22.9 Å². The molecule has 0 atom stereocenters. The van der Waals surface area contributed by atoms with Crippen molar-refractivity contribution >= 4 is 39.1 Å². The number of aryl methyl sites for hydroxylation is 1. The number of carbonyl (C=O) groups is 2. The lowest BCUT2D eigenvalue weighted by molar-refractivity contribution is -0.117. The molecule has 9 heteroatoms. The maximum Gasteiger partial charge on any atom is 0.268 e. The molecule has 4 rings (SSSR count). The van der Waals surface area contributed by atoms with Crippen LogP contribution in [0.15, 0.2) is 54.6 Å². The first-order chi connectivity index (χ1) is 14.8. The molecule has 0 aliphatic heterocycles. The minimum absolute atomic E-state index is 0.0314. The van der Waals surface area contributed by atoms with Gasteiger partial charge in [-0.2, -0.15) is 5.10 Å². The number of carbonyl (C=O) groups excluding carboxylic acids is 2. The van der Waals surface area contributed by atoms with Gasteiger partial charge in [0.1, 0.15) is 16.5 Å². The molecule has 6 nitrogen and oxygen atoms in total. The van der Waals surface area contributed by atoms with Crippen molar-refractivity contribution in [1.29, 1.82) is 0 Å². The van der Waals surface area contributed by atoms with Gasteiger partial charge in [-0.1, -0.05) is 0 Å². The summed E-state index contributed by atoms with van der Waals surface area (Å²) < 4.78 is 28.3. The Bertz CT molecular complexity index is 1260. The second-order valence-electron chi connectivity index (χ2n) is 6.95. The molecular weight excluding hydrogens is 422 g/mol. The van der Waals surface area contributed by atoms with Gasteiger partial charge in [-0.3, -0.25) is 9.59 Å². The second-order valence-corrected chi connectivity index (χ2v) is 7.98. The second kappa shape index (κ2) is 8.27. The van der Waals surface area contributed by atoms with Gasteiger partial charge >= 0.3 is 0 Å². The summed E-state index contributed by atoms with van der Waals surface area (Å²) in [4.78, 5) is 27.2. The molecule has 2 heterocycles. The van der Waals surface area contributed by atoms with Crippen molar-refractivity contribution in [2.24, 2.45) is 5.73 Å². The van der Waals surface area contributed by atoms with Gasteiger partial charge in [0.2, 0.25) is 5.91 Å². The molecule has 0 aliphatic rings. The fraction of sp³-hybridized carbons (Fsp3) is 0.136. The fourth-order valence-corrected chi connectivity index (χ4v) is 4.37. The maximum absolute atomic E-state index is 13.4. The summed E-state index contributed by atoms with van der Waals surface area (Å²) in [5.74, 6) is -1.66. The van der Waals surface area contributed by atoms with Crippen LogP contribution in [0, 0.1) is 18.6 Å². The zero-order valence-electron chi connectivity index (χ0n) is 16.5. The van der Waals surface area contributed by atoms with Crippen LogP contribution in [0.1, 0.15) is 21.8 Å². The molecule has 2 amide bonds. The van der Waals surface area contributed by atoms with Crippen molar-refractivity contribution < 1.29 is 18.4 Å².